The van der Waals surface area contributed by atoms with Crippen molar-refractivity contribution in [3.63, 3.8) is 0 Å². The van der Waals surface area contributed by atoms with Gasteiger partial charge >= 0.3 is 0 Å². The minimum absolute atomic E-state index is 0.0746. The van der Waals surface area contributed by atoms with Gasteiger partial charge in [-0.05, 0) is 31.2 Å². The number of hydrogen-bond donors (Lipinski definition) is 3. The molecule has 0 aliphatic carbocycles. The fourth-order valence-corrected chi connectivity index (χ4v) is 5.02. The van der Waals surface area contributed by atoms with Crippen molar-refractivity contribution in [1.29, 1.82) is 5.41 Å². The standard InChI is InChI=1S/C20H22F2N4O3S2/c1-10(2)18(23)24-20(4,9-31(27)28)17-15(22)8-16(30-17)13-7-12(5-6-14(13)21)19-26-25-11(3)29-19/h5-8,10,31H,9H2,1-4H3,(H2,23,24)/t20-/m0/s1. The van der Waals surface area contributed by atoms with Crippen molar-refractivity contribution in [2.75, 3.05) is 5.75 Å². The third-order valence-corrected chi connectivity index (χ3v) is 6.92. The molecule has 11 heteroatoms. The third-order valence-electron chi connectivity index (χ3n) is 4.63. The lowest BCUT2D eigenvalue weighted by Gasteiger charge is -2.30. The highest BCUT2D eigenvalue weighted by Crippen LogP contribution is 2.39. The molecule has 2 N–H and O–H groups in total. The number of thiol groups is 1. The molecule has 0 amide bonds. The van der Waals surface area contributed by atoms with Gasteiger partial charge < -0.3 is 9.73 Å². The average Bonchev–Trinajstić information content (AvgIpc) is 3.27. The summed E-state index contributed by atoms with van der Waals surface area (Å²) in [6.45, 7) is 6.68. The lowest BCUT2D eigenvalue weighted by molar-refractivity contribution is 0.455. The summed E-state index contributed by atoms with van der Waals surface area (Å²) in [6, 6.07) is 5.35. The van der Waals surface area contributed by atoms with Crippen LogP contribution in [-0.4, -0.2) is 30.2 Å². The SMILES string of the molecule is Cc1nnc(-c2ccc(F)c(-c3cc(F)c([C@](C)(C[SH](=O)=O)NC(=N)C(C)C)s3)c2)o1. The fraction of sp³-hybridized carbons (Fsp3) is 0.350. The van der Waals surface area contributed by atoms with Gasteiger partial charge in [0.1, 0.15) is 22.3 Å². The first kappa shape index (κ1) is 23.0. The number of nitrogens with one attached hydrogen (secondary N) is 2. The summed E-state index contributed by atoms with van der Waals surface area (Å²) in [7, 11) is -2.88. The highest BCUT2D eigenvalue weighted by molar-refractivity contribution is 7.72. The molecular weight excluding hydrogens is 446 g/mol. The minimum Gasteiger partial charge on any atom is -0.421 e. The van der Waals surface area contributed by atoms with Crippen LogP contribution in [0.1, 0.15) is 31.5 Å². The summed E-state index contributed by atoms with van der Waals surface area (Å²) in [4.78, 5) is 0.346. The first-order valence-electron chi connectivity index (χ1n) is 9.39. The average molecular weight is 469 g/mol. The van der Waals surface area contributed by atoms with Gasteiger partial charge in [0.2, 0.25) is 11.8 Å². The highest BCUT2D eigenvalue weighted by atomic mass is 32.2. The predicted octanol–water partition coefficient (Wildman–Crippen LogP) is 4.10. The van der Waals surface area contributed by atoms with Gasteiger partial charge in [-0.15, -0.1) is 21.5 Å². The Morgan fingerprint density at radius 1 is 1.26 bits per heavy atom. The second-order valence-corrected chi connectivity index (χ2v) is 9.66. The van der Waals surface area contributed by atoms with E-state index in [4.69, 9.17) is 9.83 Å². The molecule has 0 aliphatic rings. The molecule has 1 atom stereocenters. The van der Waals surface area contributed by atoms with Crippen LogP contribution in [0.5, 0.6) is 0 Å². The summed E-state index contributed by atoms with van der Waals surface area (Å²) < 4.78 is 58.0. The number of amidine groups is 1. The Hall–Kier alpha value is -2.66. The van der Waals surface area contributed by atoms with Crippen LogP contribution in [0, 0.1) is 29.9 Å². The normalized spacial score (nSPS) is 13.5. The zero-order chi connectivity index (χ0) is 22.9. The number of nitrogens with zero attached hydrogens (tertiary/aromatic N) is 2. The molecule has 3 rings (SSSR count). The zero-order valence-corrected chi connectivity index (χ0v) is 19.0. The third kappa shape index (κ3) is 4.99. The molecule has 2 heterocycles. The summed E-state index contributed by atoms with van der Waals surface area (Å²) >= 11 is 0.930. The Morgan fingerprint density at radius 3 is 2.55 bits per heavy atom. The van der Waals surface area contributed by atoms with E-state index in [1.54, 1.807) is 20.8 Å². The maximum atomic E-state index is 15.0. The Labute approximate surface area is 184 Å². The highest BCUT2D eigenvalue weighted by Gasteiger charge is 2.34. The van der Waals surface area contributed by atoms with Crippen molar-refractivity contribution in [2.24, 2.45) is 5.92 Å². The molecule has 0 bridgehead atoms. The second-order valence-electron chi connectivity index (χ2n) is 7.62. The van der Waals surface area contributed by atoms with E-state index in [-0.39, 0.29) is 33.0 Å². The molecule has 0 radical (unpaired) electrons. The van der Waals surface area contributed by atoms with Gasteiger partial charge in [-0.25, -0.2) is 17.2 Å². The number of hydrogen-bond acceptors (Lipinski definition) is 7. The van der Waals surface area contributed by atoms with Crippen LogP contribution in [-0.2, 0) is 16.2 Å². The van der Waals surface area contributed by atoms with Gasteiger partial charge in [0, 0.05) is 28.8 Å². The van der Waals surface area contributed by atoms with E-state index in [0.29, 0.717) is 11.5 Å². The van der Waals surface area contributed by atoms with Gasteiger partial charge in [-0.2, -0.15) is 0 Å². The van der Waals surface area contributed by atoms with E-state index in [9.17, 15) is 17.2 Å². The Morgan fingerprint density at radius 2 is 1.97 bits per heavy atom. The fourth-order valence-electron chi connectivity index (χ4n) is 3.01. The van der Waals surface area contributed by atoms with Gasteiger partial charge in [0.05, 0.1) is 22.0 Å². The minimum atomic E-state index is -2.88. The van der Waals surface area contributed by atoms with Gasteiger partial charge in [-0.3, -0.25) is 5.41 Å². The Kier molecular flexibility index (Phi) is 6.56. The zero-order valence-electron chi connectivity index (χ0n) is 17.3. The molecule has 0 unspecified atom stereocenters. The molecule has 166 valence electrons. The molecule has 7 nitrogen and oxygen atoms in total. The van der Waals surface area contributed by atoms with Crippen molar-refractivity contribution < 1.29 is 21.6 Å². The van der Waals surface area contributed by atoms with Crippen LogP contribution < -0.4 is 5.32 Å². The monoisotopic (exact) mass is 468 g/mol. The second kappa shape index (κ2) is 8.83. The molecule has 31 heavy (non-hydrogen) atoms. The quantitative estimate of drug-likeness (QED) is 0.274. The predicted molar refractivity (Wildman–Crippen MR) is 116 cm³/mol. The van der Waals surface area contributed by atoms with Gasteiger partial charge in [-0.1, -0.05) is 13.8 Å². The smallest absolute Gasteiger partial charge is 0.247 e. The van der Waals surface area contributed by atoms with Crippen LogP contribution in [0.15, 0.2) is 28.7 Å². The maximum Gasteiger partial charge on any atom is 0.247 e. The van der Waals surface area contributed by atoms with Crippen LogP contribution >= 0.6 is 11.3 Å². The number of halogens is 2. The number of rotatable bonds is 7. The summed E-state index contributed by atoms with van der Waals surface area (Å²) in [6.07, 6.45) is 0. The lowest BCUT2D eigenvalue weighted by Crippen LogP contribution is -2.47. The first-order chi connectivity index (χ1) is 14.5. The molecule has 0 fully saturated rings. The Balaban J connectivity index is 2.07. The van der Waals surface area contributed by atoms with E-state index in [2.05, 4.69) is 15.5 Å². The molecule has 0 spiro atoms. The summed E-state index contributed by atoms with van der Waals surface area (Å²) in [5.74, 6) is -1.25. The summed E-state index contributed by atoms with van der Waals surface area (Å²) in [5, 5.41) is 18.6. The van der Waals surface area contributed by atoms with Crippen molar-refractivity contribution in [1.82, 2.24) is 15.5 Å². The maximum absolute atomic E-state index is 15.0. The molecular formula is C20H22F2N4O3S2. The van der Waals surface area contributed by atoms with E-state index in [1.165, 1.54) is 25.1 Å². The van der Waals surface area contributed by atoms with E-state index >= 15 is 0 Å². The van der Waals surface area contributed by atoms with Crippen molar-refractivity contribution in [3.8, 4) is 21.9 Å². The Bertz CT molecular complexity index is 1200. The van der Waals surface area contributed by atoms with Gasteiger partial charge in [0.15, 0.2) is 0 Å². The molecule has 3 aromatic rings. The largest absolute Gasteiger partial charge is 0.421 e. The van der Waals surface area contributed by atoms with Crippen LogP contribution in [0.3, 0.4) is 0 Å². The van der Waals surface area contributed by atoms with Crippen molar-refractivity contribution in [2.45, 2.75) is 33.2 Å². The number of aryl methyl sites for hydroxylation is 1. The van der Waals surface area contributed by atoms with E-state index in [0.717, 1.165) is 17.4 Å². The number of benzene rings is 1. The molecule has 0 aliphatic heterocycles. The number of thiophene rings is 1. The van der Waals surface area contributed by atoms with Crippen molar-refractivity contribution >= 4 is 27.9 Å². The topological polar surface area (TPSA) is 109 Å². The van der Waals surface area contributed by atoms with Crippen LogP contribution in [0.2, 0.25) is 0 Å². The van der Waals surface area contributed by atoms with Crippen LogP contribution in [0.25, 0.3) is 21.9 Å². The molecule has 0 saturated heterocycles. The molecule has 1 aromatic carbocycles. The van der Waals surface area contributed by atoms with Gasteiger partial charge in [0.25, 0.3) is 0 Å². The van der Waals surface area contributed by atoms with E-state index in [1.807, 2.05) is 0 Å². The molecule has 2 aromatic heterocycles. The van der Waals surface area contributed by atoms with Crippen LogP contribution in [0.4, 0.5) is 8.78 Å². The van der Waals surface area contributed by atoms with E-state index < -0.39 is 33.6 Å². The number of aromatic nitrogens is 2. The first-order valence-corrected chi connectivity index (χ1v) is 11.6. The lowest BCUT2D eigenvalue weighted by atomic mass is 10.0. The van der Waals surface area contributed by atoms with Crippen molar-refractivity contribution in [3.05, 3.63) is 46.7 Å². The molecule has 0 saturated carbocycles. The summed E-state index contributed by atoms with van der Waals surface area (Å²) in [5.41, 5.74) is -0.782.